The van der Waals surface area contributed by atoms with Gasteiger partial charge in [0, 0.05) is 16.1 Å². The van der Waals surface area contributed by atoms with Gasteiger partial charge in [0.2, 0.25) is 5.91 Å². The van der Waals surface area contributed by atoms with Crippen LogP contribution >= 0.6 is 15.9 Å². The van der Waals surface area contributed by atoms with Crippen LogP contribution in [0.15, 0.2) is 46.9 Å². The molecule has 0 radical (unpaired) electrons. The van der Waals surface area contributed by atoms with Crippen LogP contribution in [0.5, 0.6) is 5.75 Å². The molecule has 2 aromatic carbocycles. The van der Waals surface area contributed by atoms with Gasteiger partial charge in [0.05, 0.1) is 7.11 Å². The van der Waals surface area contributed by atoms with Gasteiger partial charge in [-0.1, -0.05) is 28.1 Å². The standard InChI is InChI=1S/C20H20BrNO4/c1-12-9-15(26-11-19(23)25-2)7-8-18(12)22-20(24)17-10-16(17)13-3-5-14(21)6-4-13/h3-9,16-17H,10-11H2,1-2H3,(H,22,24). The molecule has 1 amide bonds. The fourth-order valence-electron chi connectivity index (χ4n) is 2.86. The van der Waals surface area contributed by atoms with Crippen LogP contribution in [0.1, 0.15) is 23.5 Å². The normalized spacial score (nSPS) is 18.1. The van der Waals surface area contributed by atoms with E-state index in [9.17, 15) is 9.59 Å². The topological polar surface area (TPSA) is 64.6 Å². The van der Waals surface area contributed by atoms with Gasteiger partial charge in [-0.05, 0) is 60.7 Å². The second-order valence-electron chi connectivity index (χ2n) is 6.33. The highest BCUT2D eigenvalue weighted by Crippen LogP contribution is 2.48. The predicted molar refractivity (Wildman–Crippen MR) is 102 cm³/mol. The molecule has 2 unspecified atom stereocenters. The number of ether oxygens (including phenoxy) is 2. The number of amides is 1. The molecule has 26 heavy (non-hydrogen) atoms. The third-order valence-corrected chi connectivity index (χ3v) is 4.99. The first-order chi connectivity index (χ1) is 12.5. The summed E-state index contributed by atoms with van der Waals surface area (Å²) in [5.41, 5.74) is 2.82. The average molecular weight is 418 g/mol. The minimum Gasteiger partial charge on any atom is -0.482 e. The average Bonchev–Trinajstić information content (AvgIpc) is 3.43. The van der Waals surface area contributed by atoms with Crippen molar-refractivity contribution < 1.29 is 19.1 Å². The lowest BCUT2D eigenvalue weighted by atomic mass is 10.1. The van der Waals surface area contributed by atoms with Crippen LogP contribution in [0, 0.1) is 12.8 Å². The monoisotopic (exact) mass is 417 g/mol. The van der Waals surface area contributed by atoms with Crippen LogP contribution < -0.4 is 10.1 Å². The van der Waals surface area contributed by atoms with Crippen LogP contribution in [0.3, 0.4) is 0 Å². The molecular formula is C20H20BrNO4. The summed E-state index contributed by atoms with van der Waals surface area (Å²) in [5, 5.41) is 2.99. The molecule has 0 heterocycles. The van der Waals surface area contributed by atoms with Gasteiger partial charge in [0.25, 0.3) is 0 Å². The SMILES string of the molecule is COC(=O)COc1ccc(NC(=O)C2CC2c2ccc(Br)cc2)c(C)c1. The number of hydrogen-bond acceptors (Lipinski definition) is 4. The lowest BCUT2D eigenvalue weighted by Crippen LogP contribution is -2.16. The number of methoxy groups -OCH3 is 1. The molecule has 5 nitrogen and oxygen atoms in total. The number of carbonyl (C=O) groups excluding carboxylic acids is 2. The predicted octanol–water partition coefficient (Wildman–Crippen LogP) is 4.05. The van der Waals surface area contributed by atoms with Crippen molar-refractivity contribution in [3.8, 4) is 5.75 Å². The summed E-state index contributed by atoms with van der Waals surface area (Å²) < 4.78 is 10.9. The van der Waals surface area contributed by atoms with E-state index in [0.29, 0.717) is 5.75 Å². The molecule has 0 aliphatic heterocycles. The lowest BCUT2D eigenvalue weighted by molar-refractivity contribution is -0.142. The Morgan fingerprint density at radius 2 is 1.92 bits per heavy atom. The highest BCUT2D eigenvalue weighted by molar-refractivity contribution is 9.10. The van der Waals surface area contributed by atoms with Gasteiger partial charge in [0.15, 0.2) is 6.61 Å². The fraction of sp³-hybridized carbons (Fsp3) is 0.300. The number of anilines is 1. The molecule has 1 saturated carbocycles. The number of halogens is 1. The molecule has 1 fully saturated rings. The van der Waals surface area contributed by atoms with E-state index in [-0.39, 0.29) is 24.3 Å². The molecule has 1 aliphatic rings. The Bertz CT molecular complexity index is 819. The van der Waals surface area contributed by atoms with Crippen LogP contribution in [0.2, 0.25) is 0 Å². The maximum absolute atomic E-state index is 12.5. The Hall–Kier alpha value is -2.34. The van der Waals surface area contributed by atoms with Crippen molar-refractivity contribution in [1.82, 2.24) is 0 Å². The van der Waals surface area contributed by atoms with Gasteiger partial charge in [-0.25, -0.2) is 4.79 Å². The summed E-state index contributed by atoms with van der Waals surface area (Å²) in [6.45, 7) is 1.75. The zero-order valence-electron chi connectivity index (χ0n) is 14.6. The third-order valence-electron chi connectivity index (χ3n) is 4.47. The number of nitrogens with one attached hydrogen (secondary N) is 1. The second-order valence-corrected chi connectivity index (χ2v) is 7.25. The molecule has 0 saturated heterocycles. The van der Waals surface area contributed by atoms with Crippen LogP contribution in [0.25, 0.3) is 0 Å². The third kappa shape index (κ3) is 4.43. The minimum absolute atomic E-state index is 0.00539. The van der Waals surface area contributed by atoms with Crippen LogP contribution in [-0.4, -0.2) is 25.6 Å². The number of esters is 1. The molecule has 136 valence electrons. The molecule has 6 heteroatoms. The first-order valence-corrected chi connectivity index (χ1v) is 9.14. The van der Waals surface area contributed by atoms with Crippen molar-refractivity contribution in [3.05, 3.63) is 58.1 Å². The number of hydrogen-bond donors (Lipinski definition) is 1. The Morgan fingerprint density at radius 1 is 1.19 bits per heavy atom. The van der Waals surface area contributed by atoms with E-state index in [1.165, 1.54) is 12.7 Å². The zero-order chi connectivity index (χ0) is 18.7. The Kier molecular flexibility index (Phi) is 5.61. The highest BCUT2D eigenvalue weighted by Gasteiger charge is 2.43. The van der Waals surface area contributed by atoms with Crippen molar-refractivity contribution in [2.45, 2.75) is 19.3 Å². The van der Waals surface area contributed by atoms with Gasteiger partial charge >= 0.3 is 5.97 Å². The minimum atomic E-state index is -0.437. The number of carbonyl (C=O) groups is 2. The second kappa shape index (κ2) is 7.91. The van der Waals surface area contributed by atoms with E-state index in [1.807, 2.05) is 19.1 Å². The summed E-state index contributed by atoms with van der Waals surface area (Å²) in [7, 11) is 1.31. The van der Waals surface area contributed by atoms with E-state index in [4.69, 9.17) is 4.74 Å². The van der Waals surface area contributed by atoms with Crippen molar-refractivity contribution >= 4 is 33.5 Å². The van der Waals surface area contributed by atoms with Gasteiger partial charge in [-0.2, -0.15) is 0 Å². The summed E-state index contributed by atoms with van der Waals surface area (Å²) in [5.74, 6) is 0.443. The van der Waals surface area contributed by atoms with Gasteiger partial charge in [-0.3, -0.25) is 4.79 Å². The van der Waals surface area contributed by atoms with E-state index in [2.05, 4.69) is 38.1 Å². The Labute approximate surface area is 160 Å². The molecular weight excluding hydrogens is 398 g/mol. The first-order valence-electron chi connectivity index (χ1n) is 8.34. The van der Waals surface area contributed by atoms with Crippen molar-refractivity contribution in [3.63, 3.8) is 0 Å². The van der Waals surface area contributed by atoms with Crippen molar-refractivity contribution in [2.24, 2.45) is 5.92 Å². The number of benzene rings is 2. The maximum Gasteiger partial charge on any atom is 0.343 e. The summed E-state index contributed by atoms with van der Waals surface area (Å²) >= 11 is 3.42. The molecule has 3 rings (SSSR count). The largest absolute Gasteiger partial charge is 0.482 e. The highest BCUT2D eigenvalue weighted by atomic mass is 79.9. The maximum atomic E-state index is 12.5. The summed E-state index contributed by atoms with van der Waals surface area (Å²) in [6, 6.07) is 13.4. The van der Waals surface area contributed by atoms with E-state index >= 15 is 0 Å². The lowest BCUT2D eigenvalue weighted by Gasteiger charge is -2.11. The van der Waals surface area contributed by atoms with E-state index < -0.39 is 5.97 Å². The van der Waals surface area contributed by atoms with Gasteiger partial charge in [-0.15, -0.1) is 0 Å². The first kappa shape index (κ1) is 18.5. The van der Waals surface area contributed by atoms with E-state index in [0.717, 1.165) is 22.1 Å². The molecule has 0 aromatic heterocycles. The summed E-state index contributed by atoms with van der Waals surface area (Å²) in [4.78, 5) is 23.6. The van der Waals surface area contributed by atoms with Crippen molar-refractivity contribution in [2.75, 3.05) is 19.0 Å². The molecule has 1 N–H and O–H groups in total. The molecule has 1 aliphatic carbocycles. The van der Waals surface area contributed by atoms with E-state index in [1.54, 1.807) is 18.2 Å². The molecule has 0 spiro atoms. The van der Waals surface area contributed by atoms with Crippen LogP contribution in [-0.2, 0) is 14.3 Å². The Morgan fingerprint density at radius 3 is 2.58 bits per heavy atom. The quantitative estimate of drug-likeness (QED) is 0.719. The van der Waals surface area contributed by atoms with Crippen molar-refractivity contribution in [1.29, 1.82) is 0 Å². The van der Waals surface area contributed by atoms with Gasteiger partial charge < -0.3 is 14.8 Å². The van der Waals surface area contributed by atoms with Crippen LogP contribution in [0.4, 0.5) is 5.69 Å². The molecule has 2 aromatic rings. The summed E-state index contributed by atoms with van der Waals surface area (Å²) in [6.07, 6.45) is 0.868. The molecule has 2 atom stereocenters. The number of rotatable bonds is 6. The number of aryl methyl sites for hydroxylation is 1. The zero-order valence-corrected chi connectivity index (χ0v) is 16.2. The molecule has 0 bridgehead atoms. The fourth-order valence-corrected chi connectivity index (χ4v) is 3.12. The Balaban J connectivity index is 1.58. The smallest absolute Gasteiger partial charge is 0.343 e. The van der Waals surface area contributed by atoms with Gasteiger partial charge in [0.1, 0.15) is 5.75 Å².